The van der Waals surface area contributed by atoms with Crippen LogP contribution in [-0.4, -0.2) is 35.3 Å². The Kier molecular flexibility index (Phi) is 3.97. The van der Waals surface area contributed by atoms with E-state index in [-0.39, 0.29) is 16.2 Å². The molecule has 0 amide bonds. The van der Waals surface area contributed by atoms with Crippen molar-refractivity contribution in [1.29, 1.82) is 0 Å². The average Bonchev–Trinajstić information content (AvgIpc) is 2.47. The SMILES string of the molecule is O=S(=O)(c1cnc(Cl)nc1)N1CCCC2CCCCC21. The van der Waals surface area contributed by atoms with Gasteiger partial charge in [-0.25, -0.2) is 18.4 Å². The van der Waals surface area contributed by atoms with Crippen molar-refractivity contribution in [2.24, 2.45) is 5.92 Å². The standard InChI is InChI=1S/C13H18ClN3O2S/c14-13-15-8-11(9-16-13)20(18,19)17-7-3-5-10-4-1-2-6-12(10)17/h8-10,12H,1-7H2. The minimum Gasteiger partial charge on any atom is -0.225 e. The van der Waals surface area contributed by atoms with Gasteiger partial charge in [-0.2, -0.15) is 4.31 Å². The predicted molar refractivity (Wildman–Crippen MR) is 75.9 cm³/mol. The first-order chi connectivity index (χ1) is 9.59. The molecule has 1 aliphatic heterocycles. The van der Waals surface area contributed by atoms with E-state index in [1.54, 1.807) is 4.31 Å². The van der Waals surface area contributed by atoms with Crippen molar-refractivity contribution in [3.8, 4) is 0 Å². The fraction of sp³-hybridized carbons (Fsp3) is 0.692. The molecule has 2 unspecified atom stereocenters. The van der Waals surface area contributed by atoms with Gasteiger partial charge in [0.1, 0.15) is 4.90 Å². The second-order valence-corrected chi connectivity index (χ2v) is 7.79. The maximum atomic E-state index is 12.8. The number of halogens is 1. The molecule has 0 spiro atoms. The highest BCUT2D eigenvalue weighted by Crippen LogP contribution is 2.37. The Balaban J connectivity index is 1.91. The van der Waals surface area contributed by atoms with Crippen molar-refractivity contribution < 1.29 is 8.42 Å². The van der Waals surface area contributed by atoms with E-state index in [4.69, 9.17) is 11.6 Å². The van der Waals surface area contributed by atoms with Gasteiger partial charge in [0, 0.05) is 12.6 Å². The zero-order valence-corrected chi connectivity index (χ0v) is 12.8. The third-order valence-corrected chi connectivity index (χ3v) is 6.47. The highest BCUT2D eigenvalue weighted by atomic mass is 35.5. The fourth-order valence-corrected chi connectivity index (χ4v) is 5.19. The number of piperidine rings is 1. The van der Waals surface area contributed by atoms with E-state index in [2.05, 4.69) is 9.97 Å². The number of sulfonamides is 1. The van der Waals surface area contributed by atoms with Gasteiger partial charge < -0.3 is 0 Å². The molecule has 1 aromatic rings. The lowest BCUT2D eigenvalue weighted by atomic mass is 9.79. The molecule has 2 heterocycles. The zero-order valence-electron chi connectivity index (χ0n) is 11.2. The van der Waals surface area contributed by atoms with Gasteiger partial charge >= 0.3 is 0 Å². The third kappa shape index (κ3) is 2.56. The Morgan fingerprint density at radius 2 is 1.75 bits per heavy atom. The summed E-state index contributed by atoms with van der Waals surface area (Å²) in [5.41, 5.74) is 0. The first-order valence-corrected chi connectivity index (χ1v) is 8.90. The van der Waals surface area contributed by atoms with E-state index in [1.807, 2.05) is 0 Å². The van der Waals surface area contributed by atoms with Crippen LogP contribution in [0.3, 0.4) is 0 Å². The monoisotopic (exact) mass is 315 g/mol. The van der Waals surface area contributed by atoms with Gasteiger partial charge in [-0.3, -0.25) is 0 Å². The molecular formula is C13H18ClN3O2S. The van der Waals surface area contributed by atoms with Crippen LogP contribution in [0.4, 0.5) is 0 Å². The summed E-state index contributed by atoms with van der Waals surface area (Å²) in [5, 5.41) is 0.0677. The summed E-state index contributed by atoms with van der Waals surface area (Å²) in [6.07, 6.45) is 9.15. The number of rotatable bonds is 2. The van der Waals surface area contributed by atoms with Crippen LogP contribution in [0.25, 0.3) is 0 Å². The molecule has 1 aromatic heterocycles. The Morgan fingerprint density at radius 3 is 2.50 bits per heavy atom. The number of fused-ring (bicyclic) bond motifs is 1. The van der Waals surface area contributed by atoms with E-state index in [0.29, 0.717) is 12.5 Å². The van der Waals surface area contributed by atoms with Crippen LogP contribution in [0, 0.1) is 5.92 Å². The molecule has 0 bridgehead atoms. The molecule has 0 N–H and O–H groups in total. The summed E-state index contributed by atoms with van der Waals surface area (Å²) in [4.78, 5) is 7.73. The number of hydrogen-bond acceptors (Lipinski definition) is 4. The Hall–Kier alpha value is -0.720. The first kappa shape index (κ1) is 14.2. The summed E-state index contributed by atoms with van der Waals surface area (Å²) in [7, 11) is -3.50. The van der Waals surface area contributed by atoms with Gasteiger partial charge in [0.25, 0.3) is 0 Å². The lowest BCUT2D eigenvalue weighted by molar-refractivity contribution is 0.129. The quantitative estimate of drug-likeness (QED) is 0.787. The Labute approximate surface area is 124 Å². The van der Waals surface area contributed by atoms with Gasteiger partial charge in [0.15, 0.2) is 0 Å². The van der Waals surface area contributed by atoms with Crippen LogP contribution in [0.5, 0.6) is 0 Å². The zero-order chi connectivity index (χ0) is 14.2. The number of nitrogens with zero attached hydrogens (tertiary/aromatic N) is 3. The number of aromatic nitrogens is 2. The largest absolute Gasteiger partial charge is 0.246 e. The fourth-order valence-electron chi connectivity index (χ4n) is 3.45. The van der Waals surface area contributed by atoms with Crippen molar-refractivity contribution >= 4 is 21.6 Å². The van der Waals surface area contributed by atoms with E-state index in [0.717, 1.165) is 32.1 Å². The molecule has 5 nitrogen and oxygen atoms in total. The maximum Gasteiger partial charge on any atom is 0.246 e. The van der Waals surface area contributed by atoms with Crippen molar-refractivity contribution in [2.75, 3.05) is 6.54 Å². The van der Waals surface area contributed by atoms with Gasteiger partial charge in [0.05, 0.1) is 12.4 Å². The molecule has 1 aliphatic carbocycles. The van der Waals surface area contributed by atoms with Crippen molar-refractivity contribution in [1.82, 2.24) is 14.3 Å². The molecule has 2 fully saturated rings. The topological polar surface area (TPSA) is 63.2 Å². The average molecular weight is 316 g/mol. The summed E-state index contributed by atoms with van der Waals surface area (Å²) < 4.78 is 27.2. The van der Waals surface area contributed by atoms with E-state index < -0.39 is 10.0 Å². The minimum absolute atomic E-state index is 0.0677. The third-order valence-electron chi connectivity index (χ3n) is 4.40. The van der Waals surface area contributed by atoms with Crippen molar-refractivity contribution in [2.45, 2.75) is 49.5 Å². The molecule has 3 rings (SSSR count). The lowest BCUT2D eigenvalue weighted by Crippen LogP contribution is -2.49. The van der Waals surface area contributed by atoms with Gasteiger partial charge in [0.2, 0.25) is 15.3 Å². The lowest BCUT2D eigenvalue weighted by Gasteiger charge is -2.42. The first-order valence-electron chi connectivity index (χ1n) is 7.08. The molecule has 0 radical (unpaired) electrons. The van der Waals surface area contributed by atoms with Crippen molar-refractivity contribution in [3.63, 3.8) is 0 Å². The normalized spacial score (nSPS) is 28.1. The van der Waals surface area contributed by atoms with Crippen molar-refractivity contribution in [3.05, 3.63) is 17.7 Å². The molecule has 1 saturated heterocycles. The minimum atomic E-state index is -3.50. The molecular weight excluding hydrogens is 298 g/mol. The Bertz CT molecular complexity index is 574. The molecule has 0 aromatic carbocycles. The Morgan fingerprint density at radius 1 is 1.10 bits per heavy atom. The van der Waals surface area contributed by atoms with E-state index in [9.17, 15) is 8.42 Å². The van der Waals surface area contributed by atoms with E-state index >= 15 is 0 Å². The molecule has 1 saturated carbocycles. The summed E-state index contributed by atoms with van der Waals surface area (Å²) >= 11 is 5.63. The summed E-state index contributed by atoms with van der Waals surface area (Å²) in [6, 6.07) is 0.151. The predicted octanol–water partition coefficient (Wildman–Crippen LogP) is 2.47. The molecule has 20 heavy (non-hydrogen) atoms. The highest BCUT2D eigenvalue weighted by Gasteiger charge is 2.40. The smallest absolute Gasteiger partial charge is 0.225 e. The molecule has 110 valence electrons. The van der Waals surface area contributed by atoms with Gasteiger partial charge in [-0.05, 0) is 43.2 Å². The van der Waals surface area contributed by atoms with Crippen LogP contribution >= 0.6 is 11.6 Å². The molecule has 7 heteroatoms. The number of hydrogen-bond donors (Lipinski definition) is 0. The van der Waals surface area contributed by atoms with Crippen LogP contribution in [0.15, 0.2) is 17.3 Å². The van der Waals surface area contributed by atoms with Crippen LogP contribution in [0.1, 0.15) is 38.5 Å². The van der Waals surface area contributed by atoms with Gasteiger partial charge in [-0.1, -0.05) is 12.8 Å². The second-order valence-electron chi connectivity index (χ2n) is 5.56. The van der Waals surface area contributed by atoms with Gasteiger partial charge in [-0.15, -0.1) is 0 Å². The molecule has 2 aliphatic rings. The van der Waals surface area contributed by atoms with E-state index in [1.165, 1.54) is 18.8 Å². The summed E-state index contributed by atoms with van der Waals surface area (Å²) in [5.74, 6) is 0.514. The highest BCUT2D eigenvalue weighted by molar-refractivity contribution is 7.89. The van der Waals surface area contributed by atoms with Crippen LogP contribution in [-0.2, 0) is 10.0 Å². The van der Waals surface area contributed by atoms with Crippen LogP contribution in [0.2, 0.25) is 5.28 Å². The second kappa shape index (κ2) is 5.58. The van der Waals surface area contributed by atoms with Crippen LogP contribution < -0.4 is 0 Å². The molecule has 2 atom stereocenters. The maximum absolute atomic E-state index is 12.8. The summed E-state index contributed by atoms with van der Waals surface area (Å²) in [6.45, 7) is 0.603.